The van der Waals surface area contributed by atoms with Crippen LogP contribution < -0.4 is 5.32 Å². The highest BCUT2D eigenvalue weighted by Crippen LogP contribution is 2.50. The number of amides is 1. The number of nitrogens with one attached hydrogen (secondary N) is 1. The topological polar surface area (TPSA) is 113 Å². The first kappa shape index (κ1) is 20.5. The van der Waals surface area contributed by atoms with Gasteiger partial charge in [-0.1, -0.05) is 60.7 Å². The molecule has 0 heterocycles. The van der Waals surface area contributed by atoms with Crippen LogP contribution in [-0.4, -0.2) is 40.7 Å². The molecule has 0 aliphatic heterocycles. The average molecular weight is 397 g/mol. The number of carbonyl (C=O) groups excluding carboxylic acids is 1. The van der Waals surface area contributed by atoms with E-state index in [4.69, 9.17) is 4.74 Å². The van der Waals surface area contributed by atoms with Gasteiger partial charge < -0.3 is 20.3 Å². The minimum Gasteiger partial charge on any atom is -0.481 e. The number of benzene rings is 2. The minimum atomic E-state index is -1.24. The fourth-order valence-corrected chi connectivity index (χ4v) is 3.88. The number of carbonyl (C=O) groups is 3. The van der Waals surface area contributed by atoms with Crippen molar-refractivity contribution in [1.82, 2.24) is 5.32 Å². The summed E-state index contributed by atoms with van der Waals surface area (Å²) in [4.78, 5) is 35.7. The fraction of sp³-hybridized carbons (Fsp3) is 0.318. The van der Waals surface area contributed by atoms with E-state index in [2.05, 4.69) is 5.32 Å². The number of rotatable bonds is 9. The Kier molecular flexibility index (Phi) is 6.29. The predicted molar refractivity (Wildman–Crippen MR) is 104 cm³/mol. The molecule has 1 atom stereocenters. The summed E-state index contributed by atoms with van der Waals surface area (Å²) < 4.78 is 5.39. The van der Waals surface area contributed by atoms with Crippen molar-refractivity contribution < 1.29 is 29.3 Å². The largest absolute Gasteiger partial charge is 0.481 e. The molecule has 0 spiro atoms. The smallest absolute Gasteiger partial charge is 0.327 e. The fourth-order valence-electron chi connectivity index (χ4n) is 3.88. The normalized spacial score (nSPS) is 21.6. The van der Waals surface area contributed by atoms with Gasteiger partial charge in [0.05, 0.1) is 12.5 Å². The summed E-state index contributed by atoms with van der Waals surface area (Å²) in [6, 6.07) is 17.0. The number of carboxylic acid groups (broad SMARTS) is 2. The molecule has 152 valence electrons. The number of ether oxygens (including phenoxy) is 1. The van der Waals surface area contributed by atoms with Crippen LogP contribution in [0.2, 0.25) is 0 Å². The van der Waals surface area contributed by atoms with Gasteiger partial charge in [-0.3, -0.25) is 9.59 Å². The second-order valence-corrected chi connectivity index (χ2v) is 7.28. The van der Waals surface area contributed by atoms with Crippen molar-refractivity contribution in [1.29, 1.82) is 0 Å². The molecule has 29 heavy (non-hydrogen) atoms. The maximum absolute atomic E-state index is 12.4. The molecule has 1 fully saturated rings. The molecule has 7 nitrogen and oxygen atoms in total. The molecule has 2 aromatic rings. The number of carboxylic acids is 2. The monoisotopic (exact) mass is 397 g/mol. The van der Waals surface area contributed by atoms with Gasteiger partial charge in [-0.05, 0) is 24.0 Å². The zero-order valence-corrected chi connectivity index (χ0v) is 15.8. The first-order chi connectivity index (χ1) is 13.9. The van der Waals surface area contributed by atoms with Crippen LogP contribution in [0.1, 0.15) is 24.0 Å². The molecule has 1 aliphatic rings. The highest BCUT2D eigenvalue weighted by atomic mass is 16.5. The Morgan fingerprint density at radius 3 is 2.14 bits per heavy atom. The van der Waals surface area contributed by atoms with Crippen molar-refractivity contribution in [3.63, 3.8) is 0 Å². The summed E-state index contributed by atoms with van der Waals surface area (Å²) in [5.41, 5.74) is 0.639. The van der Waals surface area contributed by atoms with Gasteiger partial charge in [0.2, 0.25) is 5.91 Å². The molecular weight excluding hydrogens is 374 g/mol. The van der Waals surface area contributed by atoms with E-state index in [1.807, 2.05) is 30.3 Å². The van der Waals surface area contributed by atoms with Gasteiger partial charge in [0.25, 0.3) is 0 Å². The van der Waals surface area contributed by atoms with Crippen molar-refractivity contribution in [2.24, 2.45) is 5.92 Å². The van der Waals surface area contributed by atoms with Crippen molar-refractivity contribution in [3.8, 4) is 0 Å². The molecule has 0 saturated heterocycles. The zero-order valence-electron chi connectivity index (χ0n) is 15.8. The Morgan fingerprint density at radius 1 is 1.00 bits per heavy atom. The van der Waals surface area contributed by atoms with E-state index in [0.29, 0.717) is 5.56 Å². The second kappa shape index (κ2) is 8.87. The van der Waals surface area contributed by atoms with Gasteiger partial charge in [0.1, 0.15) is 12.6 Å². The third-order valence-corrected chi connectivity index (χ3v) is 5.37. The van der Waals surface area contributed by atoms with Crippen molar-refractivity contribution in [2.75, 3.05) is 6.61 Å². The summed E-state index contributed by atoms with van der Waals surface area (Å²) in [6.45, 7) is -0.0528. The number of hydrogen-bond donors (Lipinski definition) is 3. The molecular formula is C22H23NO6. The SMILES string of the molecule is O=C(COCc1ccccc1)NC(C(=O)O)[C@]1(c2ccccc2)C[C@@H](C(=O)O)C1. The summed E-state index contributed by atoms with van der Waals surface area (Å²) in [7, 11) is 0. The molecule has 0 bridgehead atoms. The lowest BCUT2D eigenvalue weighted by molar-refractivity contribution is -0.154. The van der Waals surface area contributed by atoms with Gasteiger partial charge >= 0.3 is 11.9 Å². The maximum Gasteiger partial charge on any atom is 0.327 e. The Morgan fingerprint density at radius 2 is 1.59 bits per heavy atom. The zero-order chi connectivity index (χ0) is 20.9. The van der Waals surface area contributed by atoms with Crippen LogP contribution in [-0.2, 0) is 31.1 Å². The molecule has 0 aromatic heterocycles. The van der Waals surface area contributed by atoms with E-state index in [-0.39, 0.29) is 26.1 Å². The summed E-state index contributed by atoms with van der Waals surface area (Å²) in [5.74, 6) is -3.35. The number of aliphatic carboxylic acids is 2. The maximum atomic E-state index is 12.4. The van der Waals surface area contributed by atoms with E-state index in [0.717, 1.165) is 5.56 Å². The third-order valence-electron chi connectivity index (χ3n) is 5.37. The summed E-state index contributed by atoms with van der Waals surface area (Å²) >= 11 is 0. The summed E-state index contributed by atoms with van der Waals surface area (Å²) in [6.07, 6.45) is 0.295. The summed E-state index contributed by atoms with van der Waals surface area (Å²) in [5, 5.41) is 21.6. The van der Waals surface area contributed by atoms with E-state index in [1.165, 1.54) is 0 Å². The van der Waals surface area contributed by atoms with E-state index in [9.17, 15) is 24.6 Å². The lowest BCUT2D eigenvalue weighted by Gasteiger charge is -2.49. The lowest BCUT2D eigenvalue weighted by atomic mass is 9.55. The quantitative estimate of drug-likeness (QED) is 0.598. The molecule has 7 heteroatoms. The highest BCUT2D eigenvalue weighted by Gasteiger charge is 2.56. The van der Waals surface area contributed by atoms with Gasteiger partial charge in [0.15, 0.2) is 0 Å². The van der Waals surface area contributed by atoms with Crippen LogP contribution in [0.3, 0.4) is 0 Å². The predicted octanol–water partition coefficient (Wildman–Crippen LogP) is 2.21. The Bertz CT molecular complexity index is 861. The highest BCUT2D eigenvalue weighted by molar-refractivity contribution is 5.86. The van der Waals surface area contributed by atoms with Crippen molar-refractivity contribution >= 4 is 17.8 Å². The molecule has 2 aromatic carbocycles. The van der Waals surface area contributed by atoms with Gasteiger partial charge in [0, 0.05) is 5.41 Å². The first-order valence-corrected chi connectivity index (χ1v) is 9.34. The molecule has 1 unspecified atom stereocenters. The Labute approximate surface area is 168 Å². The Balaban J connectivity index is 1.70. The van der Waals surface area contributed by atoms with Gasteiger partial charge in [-0.25, -0.2) is 4.79 Å². The van der Waals surface area contributed by atoms with Crippen LogP contribution in [0.5, 0.6) is 0 Å². The Hall–Kier alpha value is -3.19. The standard InChI is InChI=1S/C22H23NO6/c24-18(14-29-13-15-7-3-1-4-8-15)23-19(21(27)28)22(11-16(12-22)20(25)26)17-9-5-2-6-10-17/h1-10,16,19H,11-14H2,(H,23,24)(H,25,26)(H,27,28)/t16-,19?,22-. The lowest BCUT2D eigenvalue weighted by Crippen LogP contribution is -2.62. The van der Waals surface area contributed by atoms with Crippen LogP contribution in [0.15, 0.2) is 60.7 Å². The van der Waals surface area contributed by atoms with E-state index in [1.54, 1.807) is 30.3 Å². The molecule has 0 radical (unpaired) electrons. The van der Waals surface area contributed by atoms with Crippen LogP contribution in [0, 0.1) is 5.92 Å². The first-order valence-electron chi connectivity index (χ1n) is 9.34. The third kappa shape index (κ3) is 4.63. The molecule has 3 N–H and O–H groups in total. The van der Waals surface area contributed by atoms with Crippen LogP contribution in [0.4, 0.5) is 0 Å². The average Bonchev–Trinajstić information content (AvgIpc) is 2.67. The number of hydrogen-bond acceptors (Lipinski definition) is 4. The van der Waals surface area contributed by atoms with Crippen molar-refractivity contribution in [2.45, 2.75) is 30.9 Å². The van der Waals surface area contributed by atoms with Gasteiger partial charge in [-0.15, -0.1) is 0 Å². The molecule has 1 amide bonds. The van der Waals surface area contributed by atoms with Crippen molar-refractivity contribution in [3.05, 3.63) is 71.8 Å². The van der Waals surface area contributed by atoms with E-state index < -0.39 is 35.2 Å². The minimum absolute atomic E-state index is 0.147. The van der Waals surface area contributed by atoms with Gasteiger partial charge in [-0.2, -0.15) is 0 Å². The molecule has 3 rings (SSSR count). The van der Waals surface area contributed by atoms with E-state index >= 15 is 0 Å². The molecule has 1 aliphatic carbocycles. The second-order valence-electron chi connectivity index (χ2n) is 7.28. The van der Waals surface area contributed by atoms with Crippen LogP contribution in [0.25, 0.3) is 0 Å². The molecule has 1 saturated carbocycles. The van der Waals surface area contributed by atoms with Crippen LogP contribution >= 0.6 is 0 Å².